The van der Waals surface area contributed by atoms with Crippen LogP contribution in [0.15, 0.2) is 18.2 Å². The maximum atomic E-state index is 13.6. The molecule has 1 atom stereocenters. The standard InChI is InChI=1S/C23H28F5N4O2P/c24-22(25,26)18-9-17(10-19(11-18)23(27,28)35)21(34)30-13-16-3-7-32(8-4-16)20(33)14-31-5-1-15(12-29)2-6-31/h9-11,15-16H,1-8,13-14,35H2,(H,30,34). The predicted molar refractivity (Wildman–Crippen MR) is 121 cm³/mol. The van der Waals surface area contributed by atoms with Crippen molar-refractivity contribution in [3.63, 3.8) is 0 Å². The number of carbonyl (C=O) groups excluding carboxylic acids is 2. The summed E-state index contributed by atoms with van der Waals surface area (Å²) in [6, 6.07) is 3.92. The molecule has 1 aromatic carbocycles. The molecule has 0 bridgehead atoms. The second-order valence-corrected chi connectivity index (χ2v) is 9.86. The van der Waals surface area contributed by atoms with Crippen LogP contribution in [0.4, 0.5) is 22.0 Å². The fourth-order valence-electron chi connectivity index (χ4n) is 4.35. The van der Waals surface area contributed by atoms with Gasteiger partial charge in [-0.1, -0.05) is 9.24 Å². The summed E-state index contributed by atoms with van der Waals surface area (Å²) in [5.41, 5.74) is -6.32. The number of nitriles is 1. The van der Waals surface area contributed by atoms with Crippen LogP contribution in [0.1, 0.15) is 47.2 Å². The van der Waals surface area contributed by atoms with E-state index in [0.717, 1.165) is 18.9 Å². The summed E-state index contributed by atoms with van der Waals surface area (Å²) < 4.78 is 66.7. The van der Waals surface area contributed by atoms with Crippen LogP contribution in [-0.2, 0) is 16.6 Å². The summed E-state index contributed by atoms with van der Waals surface area (Å²) in [4.78, 5) is 28.9. The Morgan fingerprint density at radius 2 is 1.60 bits per heavy atom. The topological polar surface area (TPSA) is 76.4 Å². The minimum absolute atomic E-state index is 0.0118. The summed E-state index contributed by atoms with van der Waals surface area (Å²) >= 11 is 0. The first-order valence-corrected chi connectivity index (χ1v) is 12.0. The number of benzene rings is 1. The number of rotatable bonds is 6. The molecule has 2 heterocycles. The predicted octanol–water partition coefficient (Wildman–Crippen LogP) is 3.83. The molecular weight excluding hydrogens is 490 g/mol. The normalized spacial score (nSPS) is 18.8. The highest BCUT2D eigenvalue weighted by Crippen LogP contribution is 2.39. The molecule has 192 valence electrons. The molecule has 0 radical (unpaired) electrons. The third-order valence-electron chi connectivity index (χ3n) is 6.55. The molecule has 1 unspecified atom stereocenters. The van der Waals surface area contributed by atoms with Gasteiger partial charge in [0.1, 0.15) is 0 Å². The van der Waals surface area contributed by atoms with E-state index >= 15 is 0 Å². The van der Waals surface area contributed by atoms with Crippen molar-refractivity contribution in [2.45, 2.75) is 37.5 Å². The van der Waals surface area contributed by atoms with Gasteiger partial charge in [0.15, 0.2) is 0 Å². The van der Waals surface area contributed by atoms with E-state index in [1.807, 2.05) is 4.90 Å². The maximum Gasteiger partial charge on any atom is 0.416 e. The molecule has 0 spiro atoms. The highest BCUT2D eigenvalue weighted by Gasteiger charge is 2.35. The Morgan fingerprint density at radius 3 is 2.14 bits per heavy atom. The van der Waals surface area contributed by atoms with E-state index < -0.39 is 34.4 Å². The highest BCUT2D eigenvalue weighted by atomic mass is 31.0. The van der Waals surface area contributed by atoms with E-state index in [2.05, 4.69) is 11.4 Å². The molecule has 1 N–H and O–H groups in total. The zero-order chi connectivity index (χ0) is 25.8. The minimum atomic E-state index is -4.87. The summed E-state index contributed by atoms with van der Waals surface area (Å²) in [6.45, 7) is 2.91. The van der Waals surface area contributed by atoms with E-state index in [-0.39, 0.29) is 24.3 Å². The summed E-state index contributed by atoms with van der Waals surface area (Å²) in [5.74, 6) is -0.779. The van der Waals surface area contributed by atoms with Crippen molar-refractivity contribution in [2.75, 3.05) is 39.3 Å². The molecule has 2 aliphatic heterocycles. The average molecular weight is 518 g/mol. The smallest absolute Gasteiger partial charge is 0.352 e. The van der Waals surface area contributed by atoms with Crippen LogP contribution in [-0.4, -0.2) is 60.9 Å². The van der Waals surface area contributed by atoms with Crippen LogP contribution in [0.2, 0.25) is 0 Å². The highest BCUT2D eigenvalue weighted by molar-refractivity contribution is 7.17. The number of nitrogens with one attached hydrogen (secondary N) is 1. The quantitative estimate of drug-likeness (QED) is 0.459. The van der Waals surface area contributed by atoms with Gasteiger partial charge in [0, 0.05) is 36.7 Å². The number of hydrogen-bond donors (Lipinski definition) is 1. The van der Waals surface area contributed by atoms with Crippen LogP contribution in [0, 0.1) is 23.2 Å². The lowest BCUT2D eigenvalue weighted by Gasteiger charge is -2.35. The number of alkyl halides is 5. The number of nitrogens with zero attached hydrogens (tertiary/aromatic N) is 3. The average Bonchev–Trinajstić information content (AvgIpc) is 2.82. The molecule has 2 amide bonds. The zero-order valence-electron chi connectivity index (χ0n) is 19.1. The van der Waals surface area contributed by atoms with Gasteiger partial charge in [-0.05, 0) is 62.9 Å². The Kier molecular flexibility index (Phi) is 8.71. The van der Waals surface area contributed by atoms with Gasteiger partial charge in [0.2, 0.25) is 5.91 Å². The van der Waals surface area contributed by atoms with Gasteiger partial charge in [-0.3, -0.25) is 14.5 Å². The van der Waals surface area contributed by atoms with E-state index in [0.29, 0.717) is 57.7 Å². The van der Waals surface area contributed by atoms with Crippen molar-refractivity contribution < 1.29 is 31.5 Å². The Labute approximate surface area is 203 Å². The summed E-state index contributed by atoms with van der Waals surface area (Å²) in [7, 11) is 1.18. The van der Waals surface area contributed by atoms with Crippen LogP contribution < -0.4 is 5.32 Å². The second kappa shape index (κ2) is 11.2. The van der Waals surface area contributed by atoms with Crippen molar-refractivity contribution >= 4 is 21.1 Å². The van der Waals surface area contributed by atoms with E-state index in [9.17, 15) is 31.5 Å². The summed E-state index contributed by atoms with van der Waals surface area (Å²) in [5, 5.41) is 11.5. The maximum absolute atomic E-state index is 13.6. The first-order valence-electron chi connectivity index (χ1n) is 11.4. The lowest BCUT2D eigenvalue weighted by molar-refractivity contribution is -0.137. The van der Waals surface area contributed by atoms with Gasteiger partial charge in [0.25, 0.3) is 11.6 Å². The third-order valence-corrected chi connectivity index (χ3v) is 6.89. The lowest BCUT2D eigenvalue weighted by atomic mass is 9.96. The second-order valence-electron chi connectivity index (χ2n) is 9.13. The molecule has 12 heteroatoms. The number of piperidine rings is 2. The number of amides is 2. The molecule has 3 rings (SSSR count). The first-order chi connectivity index (χ1) is 16.4. The monoisotopic (exact) mass is 518 g/mol. The van der Waals surface area contributed by atoms with Crippen LogP contribution in [0.25, 0.3) is 0 Å². The Hall–Kier alpha value is -2.31. The fourth-order valence-corrected chi connectivity index (χ4v) is 4.52. The number of carbonyl (C=O) groups is 2. The van der Waals surface area contributed by atoms with Crippen molar-refractivity contribution in [2.24, 2.45) is 11.8 Å². The van der Waals surface area contributed by atoms with Crippen molar-refractivity contribution in [1.82, 2.24) is 15.1 Å². The number of hydrogen-bond acceptors (Lipinski definition) is 4. The fraction of sp³-hybridized carbons (Fsp3) is 0.609. The van der Waals surface area contributed by atoms with Crippen molar-refractivity contribution in [3.8, 4) is 6.07 Å². The SMILES string of the molecule is N#CC1CCN(CC(=O)N2CCC(CNC(=O)c3cc(C(F)(F)F)cc(C(F)(F)P)c3)CC2)CC1. The van der Waals surface area contributed by atoms with Crippen molar-refractivity contribution in [3.05, 3.63) is 34.9 Å². The largest absolute Gasteiger partial charge is 0.416 e. The van der Waals surface area contributed by atoms with Crippen molar-refractivity contribution in [1.29, 1.82) is 5.26 Å². The van der Waals surface area contributed by atoms with Crippen LogP contribution in [0.3, 0.4) is 0 Å². The number of likely N-dealkylation sites (tertiary alicyclic amines) is 2. The number of halogens is 5. The molecule has 2 aliphatic rings. The molecule has 0 aromatic heterocycles. The van der Waals surface area contributed by atoms with Gasteiger partial charge >= 0.3 is 6.18 Å². The lowest BCUT2D eigenvalue weighted by Crippen LogP contribution is -2.47. The zero-order valence-corrected chi connectivity index (χ0v) is 20.2. The molecule has 0 saturated carbocycles. The Bertz CT molecular complexity index is 928. The van der Waals surface area contributed by atoms with E-state index in [4.69, 9.17) is 5.26 Å². The molecule has 1 aromatic rings. The third kappa shape index (κ3) is 7.58. The van der Waals surface area contributed by atoms with Crippen LogP contribution >= 0.6 is 9.24 Å². The summed E-state index contributed by atoms with van der Waals surface area (Å²) in [6.07, 6.45) is -2.13. The van der Waals surface area contributed by atoms with Gasteiger partial charge < -0.3 is 10.2 Å². The van der Waals surface area contributed by atoms with E-state index in [1.165, 1.54) is 9.24 Å². The molecule has 0 aliphatic carbocycles. The first kappa shape index (κ1) is 27.3. The Morgan fingerprint density at radius 1 is 1.00 bits per heavy atom. The molecular formula is C23H28F5N4O2P. The minimum Gasteiger partial charge on any atom is -0.352 e. The van der Waals surface area contributed by atoms with Gasteiger partial charge in [-0.15, -0.1) is 0 Å². The molecule has 35 heavy (non-hydrogen) atoms. The van der Waals surface area contributed by atoms with E-state index in [1.54, 1.807) is 4.90 Å². The van der Waals surface area contributed by atoms with Crippen LogP contribution in [0.5, 0.6) is 0 Å². The molecule has 2 fully saturated rings. The van der Waals surface area contributed by atoms with Gasteiger partial charge in [0.05, 0.1) is 18.2 Å². The molecule has 6 nitrogen and oxygen atoms in total. The Balaban J connectivity index is 1.50. The van der Waals surface area contributed by atoms with Gasteiger partial charge in [-0.2, -0.15) is 27.2 Å². The van der Waals surface area contributed by atoms with Gasteiger partial charge in [-0.25, -0.2) is 0 Å². The molecule has 2 saturated heterocycles.